The largest absolute Gasteiger partial charge is 0.325 e. The zero-order chi connectivity index (χ0) is 14.9. The predicted octanol–water partition coefficient (Wildman–Crippen LogP) is 2.15. The van der Waals surface area contributed by atoms with Gasteiger partial charge in [0.15, 0.2) is 25.2 Å². The highest BCUT2D eigenvalue weighted by molar-refractivity contribution is 7.03. The molecule has 7 heteroatoms. The van der Waals surface area contributed by atoms with E-state index in [4.69, 9.17) is 0 Å². The van der Waals surface area contributed by atoms with E-state index in [0.717, 1.165) is 0 Å². The van der Waals surface area contributed by atoms with Crippen molar-refractivity contribution in [2.24, 2.45) is 0 Å². The van der Waals surface area contributed by atoms with Crippen LogP contribution in [0.25, 0.3) is 0 Å². The molecular weight excluding hydrogens is 286 g/mol. The van der Waals surface area contributed by atoms with Gasteiger partial charge in [-0.15, -0.1) is 0 Å². The normalized spacial score (nSPS) is 27.5. The lowest BCUT2D eigenvalue weighted by atomic mass is 11.5. The molecule has 110 valence electrons. The maximum Gasteiger partial charge on any atom is 0.188 e. The van der Waals surface area contributed by atoms with Gasteiger partial charge in [-0.25, -0.2) is 0 Å². The summed E-state index contributed by atoms with van der Waals surface area (Å²) in [6.45, 7) is 19.5. The summed E-state index contributed by atoms with van der Waals surface area (Å²) in [5.74, 6) is 0. The Balaban J connectivity index is 0.000000873. The van der Waals surface area contributed by atoms with Crippen molar-refractivity contribution in [1.29, 1.82) is 0 Å². The summed E-state index contributed by atoms with van der Waals surface area (Å²) in [5.41, 5.74) is 0. The first-order chi connectivity index (χ1) is 7.88. The van der Waals surface area contributed by atoms with Crippen molar-refractivity contribution in [2.75, 3.05) is 21.1 Å². The van der Waals surface area contributed by atoms with Gasteiger partial charge in [0.1, 0.15) is 0 Å². The standard InChI is InChI=1S/C9H27N3Si3.C2H8Si/c1-10-13(4,5)11(2)15(8,9)12(3)14(10,6)7;1-3-2/h1-9H3;3H2,1-2H3. The molecule has 0 unspecified atom stereocenters. The van der Waals surface area contributed by atoms with Crippen LogP contribution in [0.1, 0.15) is 0 Å². The molecule has 0 aromatic heterocycles. The summed E-state index contributed by atoms with van der Waals surface area (Å²) in [7, 11) is 3.36. The van der Waals surface area contributed by atoms with Crippen LogP contribution >= 0.6 is 0 Å². The lowest BCUT2D eigenvalue weighted by Crippen LogP contribution is -2.87. The van der Waals surface area contributed by atoms with Gasteiger partial charge in [-0.05, 0) is 60.4 Å². The Hall–Kier alpha value is 0.748. The highest BCUT2D eigenvalue weighted by atomic mass is 28.5. The van der Waals surface area contributed by atoms with Gasteiger partial charge in [0.05, 0.1) is 0 Å². The SMILES string of the molecule is CN1[Si](C)(C)N(C)[Si](C)(C)N(C)[Si]1(C)C.C[SiH2]C. The zero-order valence-corrected chi connectivity index (χ0v) is 19.0. The van der Waals surface area contributed by atoms with Crippen molar-refractivity contribution in [3.8, 4) is 0 Å². The monoisotopic (exact) mass is 321 g/mol. The van der Waals surface area contributed by atoms with Crippen molar-refractivity contribution in [2.45, 2.75) is 52.4 Å². The molecule has 0 saturated carbocycles. The van der Waals surface area contributed by atoms with Gasteiger partial charge in [0, 0.05) is 9.52 Å². The molecule has 1 aliphatic heterocycles. The third-order valence-corrected chi connectivity index (χ3v) is 24.6. The maximum atomic E-state index is 2.73. The Morgan fingerprint density at radius 2 is 0.667 bits per heavy atom. The molecule has 0 radical (unpaired) electrons. The van der Waals surface area contributed by atoms with Crippen molar-refractivity contribution >= 4 is 34.7 Å². The van der Waals surface area contributed by atoms with Gasteiger partial charge < -0.3 is 12.7 Å². The Morgan fingerprint density at radius 3 is 0.778 bits per heavy atom. The minimum atomic E-state index is -1.36. The molecule has 1 heterocycles. The fourth-order valence-corrected chi connectivity index (χ4v) is 23.7. The summed E-state index contributed by atoms with van der Waals surface area (Å²) >= 11 is 0. The predicted molar refractivity (Wildman–Crippen MR) is 96.0 cm³/mol. The van der Waals surface area contributed by atoms with E-state index in [1.807, 2.05) is 0 Å². The first-order valence-electron chi connectivity index (χ1n) is 7.10. The van der Waals surface area contributed by atoms with Gasteiger partial charge in [-0.3, -0.25) is 0 Å². The van der Waals surface area contributed by atoms with Crippen LogP contribution in [-0.4, -0.2) is 68.5 Å². The summed E-state index contributed by atoms with van der Waals surface area (Å²) in [4.78, 5) is 0. The topological polar surface area (TPSA) is 9.72 Å². The van der Waals surface area contributed by atoms with E-state index >= 15 is 0 Å². The fraction of sp³-hybridized carbons (Fsp3) is 1.00. The lowest BCUT2D eigenvalue weighted by Gasteiger charge is -2.64. The van der Waals surface area contributed by atoms with Gasteiger partial charge in [-0.1, -0.05) is 13.1 Å². The number of rotatable bonds is 0. The molecule has 0 spiro atoms. The molecule has 0 bridgehead atoms. The third kappa shape index (κ3) is 3.08. The van der Waals surface area contributed by atoms with E-state index < -0.39 is 25.2 Å². The Bertz CT molecular complexity index is 221. The van der Waals surface area contributed by atoms with E-state index in [-0.39, 0.29) is 0 Å². The Kier molecular flexibility index (Phi) is 6.27. The molecule has 1 rings (SSSR count). The van der Waals surface area contributed by atoms with Crippen LogP contribution < -0.4 is 0 Å². The highest BCUT2D eigenvalue weighted by Gasteiger charge is 2.57. The van der Waals surface area contributed by atoms with E-state index in [1.54, 1.807) is 0 Å². The third-order valence-electron chi connectivity index (χ3n) is 4.92. The average molecular weight is 322 g/mol. The van der Waals surface area contributed by atoms with Crippen LogP contribution in [0.5, 0.6) is 0 Å². The Labute approximate surface area is 121 Å². The molecule has 0 amide bonds. The van der Waals surface area contributed by atoms with Crippen LogP contribution in [0.2, 0.25) is 52.4 Å². The van der Waals surface area contributed by atoms with Crippen molar-refractivity contribution in [1.82, 2.24) is 12.7 Å². The van der Waals surface area contributed by atoms with Gasteiger partial charge >= 0.3 is 0 Å². The molecule has 1 saturated heterocycles. The van der Waals surface area contributed by atoms with Crippen LogP contribution in [-0.2, 0) is 0 Å². The summed E-state index contributed by atoms with van der Waals surface area (Å²) < 4.78 is 8.20. The minimum Gasteiger partial charge on any atom is -0.325 e. The molecular formula is C11H35N3Si4. The minimum absolute atomic E-state index is 0.417. The molecule has 3 nitrogen and oxygen atoms in total. The van der Waals surface area contributed by atoms with Crippen LogP contribution in [0, 0.1) is 0 Å². The summed E-state index contributed by atoms with van der Waals surface area (Å²) in [6.07, 6.45) is 0. The fourth-order valence-electron chi connectivity index (χ4n) is 2.68. The molecule has 1 fully saturated rings. The quantitative estimate of drug-likeness (QED) is 0.633. The summed E-state index contributed by atoms with van der Waals surface area (Å²) in [5, 5.41) is 0. The van der Waals surface area contributed by atoms with Crippen molar-refractivity contribution in [3.05, 3.63) is 0 Å². The average Bonchev–Trinajstić information content (AvgIpc) is 2.25. The lowest BCUT2D eigenvalue weighted by molar-refractivity contribution is 0.484. The van der Waals surface area contributed by atoms with Gasteiger partial charge in [0.25, 0.3) is 0 Å². The Morgan fingerprint density at radius 1 is 0.556 bits per heavy atom. The smallest absolute Gasteiger partial charge is 0.188 e. The molecule has 0 atom stereocenters. The molecule has 0 aliphatic carbocycles. The molecule has 1 aliphatic rings. The molecule has 18 heavy (non-hydrogen) atoms. The van der Waals surface area contributed by atoms with Crippen molar-refractivity contribution < 1.29 is 0 Å². The number of nitrogens with zero attached hydrogens (tertiary/aromatic N) is 3. The van der Waals surface area contributed by atoms with Crippen molar-refractivity contribution in [3.63, 3.8) is 0 Å². The summed E-state index contributed by atoms with van der Waals surface area (Å²) in [6, 6.07) is 0. The number of hydrogen-bond acceptors (Lipinski definition) is 3. The molecule has 0 N–H and O–H groups in total. The zero-order valence-electron chi connectivity index (χ0n) is 14.5. The van der Waals surface area contributed by atoms with Gasteiger partial charge in [0.2, 0.25) is 0 Å². The van der Waals surface area contributed by atoms with Gasteiger partial charge in [-0.2, -0.15) is 0 Å². The maximum absolute atomic E-state index is 2.73. The number of hydrogen-bond donors (Lipinski definition) is 0. The van der Waals surface area contributed by atoms with Crippen LogP contribution in [0.15, 0.2) is 0 Å². The second kappa shape index (κ2) is 6.02. The molecule has 0 aromatic carbocycles. The first kappa shape index (κ1) is 18.7. The second-order valence-electron chi connectivity index (χ2n) is 6.87. The van der Waals surface area contributed by atoms with E-state index in [1.165, 1.54) is 0 Å². The van der Waals surface area contributed by atoms with E-state index in [0.29, 0.717) is 9.52 Å². The highest BCUT2D eigenvalue weighted by Crippen LogP contribution is 2.34. The van der Waals surface area contributed by atoms with Crippen LogP contribution in [0.3, 0.4) is 0 Å². The van der Waals surface area contributed by atoms with E-state index in [2.05, 4.69) is 86.2 Å². The van der Waals surface area contributed by atoms with Crippen LogP contribution in [0.4, 0.5) is 0 Å². The first-order valence-corrected chi connectivity index (χ1v) is 18.6. The second-order valence-corrected chi connectivity index (χ2v) is 22.6. The molecule has 0 aromatic rings. The van der Waals surface area contributed by atoms with E-state index in [9.17, 15) is 0 Å².